The van der Waals surface area contributed by atoms with Crippen LogP contribution in [-0.4, -0.2) is 18.4 Å². The van der Waals surface area contributed by atoms with E-state index in [1.165, 1.54) is 6.92 Å². The Labute approximate surface area is 130 Å². The minimum absolute atomic E-state index is 0.0545. The van der Waals surface area contributed by atoms with Crippen molar-refractivity contribution < 1.29 is 14.3 Å². The fourth-order valence-corrected chi connectivity index (χ4v) is 2.55. The first-order valence-corrected chi connectivity index (χ1v) is 7.38. The summed E-state index contributed by atoms with van der Waals surface area (Å²) in [5.74, 6) is 0.499. The summed E-state index contributed by atoms with van der Waals surface area (Å²) in [5, 5.41) is 5.38. The summed E-state index contributed by atoms with van der Waals surface area (Å²) in [6.45, 7) is 10.0. The van der Waals surface area contributed by atoms with Crippen LogP contribution in [0, 0.1) is 11.8 Å². The third-order valence-corrected chi connectivity index (χ3v) is 3.53. The minimum atomic E-state index is -0.513. The van der Waals surface area contributed by atoms with Gasteiger partial charge in [0, 0.05) is 11.3 Å². The molecule has 2 rings (SSSR count). The third-order valence-electron chi connectivity index (χ3n) is 3.53. The number of carbonyl (C=O) groups is 2. The van der Waals surface area contributed by atoms with Crippen molar-refractivity contribution in [2.24, 2.45) is 11.8 Å². The lowest BCUT2D eigenvalue weighted by Gasteiger charge is -2.34. The summed E-state index contributed by atoms with van der Waals surface area (Å²) >= 11 is 0. The van der Waals surface area contributed by atoms with E-state index in [0.717, 1.165) is 5.56 Å². The van der Waals surface area contributed by atoms with Gasteiger partial charge >= 0.3 is 6.03 Å². The highest BCUT2D eigenvalue weighted by atomic mass is 16.5. The zero-order valence-corrected chi connectivity index (χ0v) is 13.2. The molecule has 0 spiro atoms. The molecule has 0 saturated carbocycles. The van der Waals surface area contributed by atoms with Crippen molar-refractivity contribution in [3.8, 4) is 5.75 Å². The maximum atomic E-state index is 12.0. The monoisotopic (exact) mass is 302 g/mol. The van der Waals surface area contributed by atoms with Crippen molar-refractivity contribution in [2.75, 3.05) is 6.61 Å². The highest BCUT2D eigenvalue weighted by Gasteiger charge is 2.37. The number of para-hydroxylation sites is 1. The highest BCUT2D eigenvalue weighted by Crippen LogP contribution is 2.35. The maximum absolute atomic E-state index is 12.0. The molecule has 2 N–H and O–H groups in total. The summed E-state index contributed by atoms with van der Waals surface area (Å²) in [6.07, 6.45) is 0. The van der Waals surface area contributed by atoms with Gasteiger partial charge in [-0.2, -0.15) is 0 Å². The van der Waals surface area contributed by atoms with Crippen molar-refractivity contribution in [3.63, 3.8) is 0 Å². The van der Waals surface area contributed by atoms with E-state index < -0.39 is 12.0 Å². The number of benzene rings is 1. The molecule has 2 amide bonds. The van der Waals surface area contributed by atoms with E-state index in [9.17, 15) is 9.59 Å². The Morgan fingerprint density at radius 2 is 2.05 bits per heavy atom. The normalized spacial score (nSPS) is 21.3. The second kappa shape index (κ2) is 6.64. The van der Waals surface area contributed by atoms with Crippen LogP contribution in [0.25, 0.3) is 0 Å². The van der Waals surface area contributed by atoms with E-state index in [0.29, 0.717) is 24.0 Å². The fraction of sp³-hybridized carbons (Fsp3) is 0.412. The Morgan fingerprint density at radius 3 is 2.68 bits per heavy atom. The van der Waals surface area contributed by atoms with Crippen LogP contribution in [0.3, 0.4) is 0 Å². The quantitative estimate of drug-likeness (QED) is 0.879. The van der Waals surface area contributed by atoms with Crippen LogP contribution in [0.15, 0.2) is 36.5 Å². The van der Waals surface area contributed by atoms with Gasteiger partial charge in [-0.3, -0.25) is 4.79 Å². The molecule has 5 nitrogen and oxygen atoms in total. The Bertz CT molecular complexity index is 595. The van der Waals surface area contributed by atoms with Crippen LogP contribution < -0.4 is 15.4 Å². The van der Waals surface area contributed by atoms with Crippen LogP contribution in [0.4, 0.5) is 4.79 Å². The topological polar surface area (TPSA) is 67.4 Å². The van der Waals surface area contributed by atoms with Crippen molar-refractivity contribution in [3.05, 3.63) is 42.1 Å². The largest absolute Gasteiger partial charge is 0.493 e. The molecule has 0 radical (unpaired) electrons. The molecule has 5 heteroatoms. The van der Waals surface area contributed by atoms with Gasteiger partial charge in [0.15, 0.2) is 0 Å². The van der Waals surface area contributed by atoms with E-state index in [-0.39, 0.29) is 11.8 Å². The van der Waals surface area contributed by atoms with E-state index in [1.807, 2.05) is 24.3 Å². The van der Waals surface area contributed by atoms with Gasteiger partial charge in [-0.25, -0.2) is 4.79 Å². The minimum Gasteiger partial charge on any atom is -0.493 e. The Kier molecular flexibility index (Phi) is 4.85. The molecule has 1 aromatic carbocycles. The molecule has 1 saturated heterocycles. The number of nitrogens with one attached hydrogen (secondary N) is 2. The predicted octanol–water partition coefficient (Wildman–Crippen LogP) is 2.79. The zero-order chi connectivity index (χ0) is 16.3. The molecule has 1 aliphatic heterocycles. The van der Waals surface area contributed by atoms with Gasteiger partial charge in [0.05, 0.1) is 18.6 Å². The van der Waals surface area contributed by atoms with Gasteiger partial charge in [-0.1, -0.05) is 38.6 Å². The number of ether oxygens (including phenoxy) is 1. The lowest BCUT2D eigenvalue weighted by atomic mass is 9.86. The Balaban J connectivity index is 2.37. The van der Waals surface area contributed by atoms with E-state index in [2.05, 4.69) is 31.1 Å². The van der Waals surface area contributed by atoms with Crippen molar-refractivity contribution in [1.82, 2.24) is 10.6 Å². The van der Waals surface area contributed by atoms with Crippen LogP contribution in [0.1, 0.15) is 32.4 Å². The Morgan fingerprint density at radius 1 is 1.36 bits per heavy atom. The molecular weight excluding hydrogens is 280 g/mol. The SMILES string of the molecule is C=C1NC(=O)N[C@H](c2ccccc2OCC(C)C)[C@H]1C(C)=O. The van der Waals surface area contributed by atoms with Crippen LogP contribution in [0.2, 0.25) is 0 Å². The molecule has 0 bridgehead atoms. The molecule has 1 heterocycles. The summed E-state index contributed by atoms with van der Waals surface area (Å²) in [7, 11) is 0. The van der Waals surface area contributed by atoms with Gasteiger partial charge in [0.2, 0.25) is 0 Å². The number of carbonyl (C=O) groups excluding carboxylic acids is 2. The predicted molar refractivity (Wildman–Crippen MR) is 84.5 cm³/mol. The molecule has 22 heavy (non-hydrogen) atoms. The third kappa shape index (κ3) is 3.47. The van der Waals surface area contributed by atoms with Gasteiger partial charge in [0.1, 0.15) is 11.5 Å². The summed E-state index contributed by atoms with van der Waals surface area (Å²) < 4.78 is 5.84. The average molecular weight is 302 g/mol. The number of rotatable bonds is 5. The first kappa shape index (κ1) is 16.1. The average Bonchev–Trinajstić information content (AvgIpc) is 2.44. The number of hydrogen-bond acceptors (Lipinski definition) is 3. The zero-order valence-electron chi connectivity index (χ0n) is 13.2. The summed E-state index contributed by atoms with van der Waals surface area (Å²) in [4.78, 5) is 23.8. The molecule has 118 valence electrons. The lowest BCUT2D eigenvalue weighted by molar-refractivity contribution is -0.120. The summed E-state index contributed by atoms with van der Waals surface area (Å²) in [5.41, 5.74) is 1.21. The van der Waals surface area contributed by atoms with E-state index in [4.69, 9.17) is 4.74 Å². The van der Waals surface area contributed by atoms with Gasteiger partial charge < -0.3 is 15.4 Å². The summed E-state index contributed by atoms with van der Waals surface area (Å²) in [6, 6.07) is 6.64. The second-order valence-corrected chi connectivity index (χ2v) is 5.93. The van der Waals surface area contributed by atoms with Gasteiger partial charge in [-0.15, -0.1) is 0 Å². The maximum Gasteiger partial charge on any atom is 0.319 e. The van der Waals surface area contributed by atoms with Crippen LogP contribution in [-0.2, 0) is 4.79 Å². The number of amides is 2. The molecular formula is C17H22N2O3. The number of Topliss-reactive ketones (excluding diaryl/α,β-unsaturated/α-hetero) is 1. The van der Waals surface area contributed by atoms with Crippen LogP contribution >= 0.6 is 0 Å². The second-order valence-electron chi connectivity index (χ2n) is 5.93. The number of urea groups is 1. The number of hydrogen-bond donors (Lipinski definition) is 2. The fourth-order valence-electron chi connectivity index (χ4n) is 2.55. The molecule has 1 aliphatic rings. The van der Waals surface area contributed by atoms with Crippen LogP contribution in [0.5, 0.6) is 5.75 Å². The van der Waals surface area contributed by atoms with Gasteiger partial charge in [-0.05, 0) is 18.9 Å². The van der Waals surface area contributed by atoms with E-state index >= 15 is 0 Å². The Hall–Kier alpha value is -2.30. The van der Waals surface area contributed by atoms with Crippen molar-refractivity contribution >= 4 is 11.8 Å². The van der Waals surface area contributed by atoms with Crippen molar-refractivity contribution in [2.45, 2.75) is 26.8 Å². The molecule has 0 unspecified atom stereocenters. The van der Waals surface area contributed by atoms with E-state index in [1.54, 1.807) is 0 Å². The highest BCUT2D eigenvalue weighted by molar-refractivity contribution is 5.88. The molecule has 1 aromatic rings. The van der Waals surface area contributed by atoms with Gasteiger partial charge in [0.25, 0.3) is 0 Å². The molecule has 0 aromatic heterocycles. The van der Waals surface area contributed by atoms with Crippen molar-refractivity contribution in [1.29, 1.82) is 0 Å². The molecule has 2 atom stereocenters. The molecule has 1 fully saturated rings. The number of ketones is 1. The standard InChI is InChI=1S/C17H22N2O3/c1-10(2)9-22-14-8-6-5-7-13(14)16-15(12(4)20)11(3)18-17(21)19-16/h5-8,10,15-16H,3,9H2,1-2,4H3,(H2,18,19,21)/t15-,16-/m1/s1. The smallest absolute Gasteiger partial charge is 0.319 e. The first-order chi connectivity index (χ1) is 10.4. The molecule has 0 aliphatic carbocycles. The first-order valence-electron chi connectivity index (χ1n) is 7.38. The lowest BCUT2D eigenvalue weighted by Crippen LogP contribution is -2.50.